The quantitative estimate of drug-likeness (QED) is 0.357. The van der Waals surface area contributed by atoms with E-state index in [1.54, 1.807) is 0 Å². The van der Waals surface area contributed by atoms with Crippen molar-refractivity contribution in [2.75, 3.05) is 32.1 Å². The van der Waals surface area contributed by atoms with Gasteiger partial charge in [-0.1, -0.05) is 24.3 Å². The molecule has 0 bridgehead atoms. The third-order valence-corrected chi connectivity index (χ3v) is 7.14. The van der Waals surface area contributed by atoms with Gasteiger partial charge in [0.15, 0.2) is 11.5 Å². The molecule has 0 spiro atoms. The number of benzene rings is 2. The Morgan fingerprint density at radius 2 is 1.89 bits per heavy atom. The summed E-state index contributed by atoms with van der Waals surface area (Å²) in [4.78, 5) is 20.7. The molecule has 6 rings (SSSR count). The lowest BCUT2D eigenvalue weighted by atomic mass is 10.1. The first-order chi connectivity index (χ1) is 17.4. The van der Waals surface area contributed by atoms with Gasteiger partial charge in [-0.2, -0.15) is 0 Å². The number of amides is 1. The topological polar surface area (TPSA) is 63.6 Å². The van der Waals surface area contributed by atoms with E-state index in [-0.39, 0.29) is 11.8 Å². The largest absolute Gasteiger partial charge is 0.340 e. The number of anilines is 1. The highest BCUT2D eigenvalue weighted by molar-refractivity contribution is 5.97. The van der Waals surface area contributed by atoms with Crippen molar-refractivity contribution < 1.29 is 4.79 Å². The Morgan fingerprint density at radius 1 is 1.08 bits per heavy atom. The van der Waals surface area contributed by atoms with Crippen LogP contribution in [0, 0.1) is 19.4 Å². The minimum atomic E-state index is 0.0401. The Labute approximate surface area is 210 Å². The zero-order chi connectivity index (χ0) is 25.0. The molecular formula is C28H27N7O. The summed E-state index contributed by atoms with van der Waals surface area (Å²) in [6, 6.07) is 16.1. The number of carbonyl (C=O) groups excluding carboxylic acids is 1. The molecule has 1 fully saturated rings. The summed E-state index contributed by atoms with van der Waals surface area (Å²) in [5, 5.41) is 8.91. The van der Waals surface area contributed by atoms with Gasteiger partial charge in [-0.15, -0.1) is 10.2 Å². The summed E-state index contributed by atoms with van der Waals surface area (Å²) in [5.74, 6) is 1.86. The van der Waals surface area contributed by atoms with E-state index >= 15 is 0 Å². The van der Waals surface area contributed by atoms with Crippen molar-refractivity contribution in [3.05, 3.63) is 77.5 Å². The molecule has 4 heterocycles. The highest BCUT2D eigenvalue weighted by Crippen LogP contribution is 2.37. The molecule has 8 nitrogen and oxygen atoms in total. The SMILES string of the molecule is [C-]#[N+]c1ccc(-c2cc3n(c2)Cc2cc(N4CCC(CN(C)C)C4=O)ccc2-n2c(C)nnc2-3)cc1. The van der Waals surface area contributed by atoms with E-state index < -0.39 is 0 Å². The molecule has 0 saturated carbocycles. The highest BCUT2D eigenvalue weighted by atomic mass is 16.2. The summed E-state index contributed by atoms with van der Waals surface area (Å²) < 4.78 is 4.30. The fraction of sp³-hybridized carbons (Fsp3) is 0.286. The van der Waals surface area contributed by atoms with E-state index in [1.165, 1.54) is 0 Å². The molecule has 36 heavy (non-hydrogen) atoms. The van der Waals surface area contributed by atoms with E-state index in [1.807, 2.05) is 56.3 Å². The van der Waals surface area contributed by atoms with Crippen LogP contribution in [-0.4, -0.2) is 57.3 Å². The average molecular weight is 478 g/mol. The number of aromatic nitrogens is 4. The van der Waals surface area contributed by atoms with Crippen molar-refractivity contribution in [2.24, 2.45) is 5.92 Å². The number of fused-ring (bicyclic) bond motifs is 5. The summed E-state index contributed by atoms with van der Waals surface area (Å²) in [7, 11) is 4.03. The Kier molecular flexibility index (Phi) is 5.23. The lowest BCUT2D eigenvalue weighted by molar-refractivity contribution is -0.120. The monoisotopic (exact) mass is 477 g/mol. The lowest BCUT2D eigenvalue weighted by Gasteiger charge is -2.20. The first kappa shape index (κ1) is 22.3. The molecule has 180 valence electrons. The fourth-order valence-corrected chi connectivity index (χ4v) is 5.41. The van der Waals surface area contributed by atoms with Crippen molar-refractivity contribution in [3.63, 3.8) is 0 Å². The van der Waals surface area contributed by atoms with Gasteiger partial charge in [-0.3, -0.25) is 9.36 Å². The molecule has 1 atom stereocenters. The van der Waals surface area contributed by atoms with Crippen molar-refractivity contribution in [2.45, 2.75) is 19.9 Å². The van der Waals surface area contributed by atoms with Gasteiger partial charge in [0, 0.05) is 37.1 Å². The number of aryl methyl sites for hydroxylation is 1. The second-order valence-corrected chi connectivity index (χ2v) is 9.86. The molecule has 4 aromatic rings. The van der Waals surface area contributed by atoms with Gasteiger partial charge in [-0.25, -0.2) is 4.85 Å². The van der Waals surface area contributed by atoms with Crippen molar-refractivity contribution >= 4 is 17.3 Å². The second-order valence-electron chi connectivity index (χ2n) is 9.86. The number of carbonyl (C=O) groups is 1. The Morgan fingerprint density at radius 3 is 2.64 bits per heavy atom. The van der Waals surface area contributed by atoms with E-state index in [0.717, 1.165) is 64.9 Å². The molecular weight excluding hydrogens is 450 g/mol. The molecule has 2 aromatic heterocycles. The smallest absolute Gasteiger partial charge is 0.231 e. The molecule has 8 heteroatoms. The van der Waals surface area contributed by atoms with Crippen LogP contribution in [0.3, 0.4) is 0 Å². The highest BCUT2D eigenvalue weighted by Gasteiger charge is 2.33. The summed E-state index contributed by atoms with van der Waals surface area (Å²) in [5.41, 5.74) is 6.83. The number of nitrogens with zero attached hydrogens (tertiary/aromatic N) is 7. The zero-order valence-electron chi connectivity index (χ0n) is 20.6. The Bertz CT molecular complexity index is 1520. The van der Waals surface area contributed by atoms with Gasteiger partial charge >= 0.3 is 0 Å². The van der Waals surface area contributed by atoms with Crippen LogP contribution in [0.2, 0.25) is 0 Å². The van der Waals surface area contributed by atoms with Crippen LogP contribution >= 0.6 is 0 Å². The summed E-state index contributed by atoms with van der Waals surface area (Å²) in [6.45, 7) is 11.3. The van der Waals surface area contributed by atoms with Gasteiger partial charge in [0.1, 0.15) is 5.82 Å². The third-order valence-electron chi connectivity index (χ3n) is 7.14. The minimum Gasteiger partial charge on any atom is -0.340 e. The van der Waals surface area contributed by atoms with Crippen molar-refractivity contribution in [1.29, 1.82) is 0 Å². The normalized spacial score (nSPS) is 16.5. The Hall–Kier alpha value is -4.22. The van der Waals surface area contributed by atoms with Crippen LogP contribution in [0.15, 0.2) is 54.7 Å². The van der Waals surface area contributed by atoms with E-state index in [4.69, 9.17) is 6.57 Å². The molecule has 2 aliphatic heterocycles. The fourth-order valence-electron chi connectivity index (χ4n) is 5.41. The maximum Gasteiger partial charge on any atom is 0.231 e. The molecule has 2 aliphatic rings. The Balaban J connectivity index is 1.41. The van der Waals surface area contributed by atoms with Crippen LogP contribution in [0.4, 0.5) is 11.4 Å². The molecule has 0 radical (unpaired) electrons. The second kappa shape index (κ2) is 8.47. The van der Waals surface area contributed by atoms with Crippen LogP contribution in [-0.2, 0) is 11.3 Å². The van der Waals surface area contributed by atoms with Crippen molar-refractivity contribution in [1.82, 2.24) is 24.2 Å². The summed E-state index contributed by atoms with van der Waals surface area (Å²) in [6.07, 6.45) is 3.01. The molecule has 1 saturated heterocycles. The van der Waals surface area contributed by atoms with Crippen LogP contribution in [0.5, 0.6) is 0 Å². The molecule has 2 aromatic carbocycles. The van der Waals surface area contributed by atoms with Gasteiger partial charge in [-0.05, 0) is 62.8 Å². The molecule has 1 unspecified atom stereocenters. The van der Waals surface area contributed by atoms with E-state index in [0.29, 0.717) is 12.2 Å². The summed E-state index contributed by atoms with van der Waals surface area (Å²) >= 11 is 0. The number of hydrogen-bond acceptors (Lipinski definition) is 4. The maximum absolute atomic E-state index is 13.1. The minimum absolute atomic E-state index is 0.0401. The first-order valence-corrected chi connectivity index (χ1v) is 12.1. The standard InChI is InChI=1S/C28H27N7O/c1-18-30-31-27-26-14-21(19-5-7-23(29-2)8-6-19)16-33(26)17-22-13-24(9-10-25(22)35(18)27)34-12-11-20(28(34)36)15-32(3)4/h5-10,13-14,16,20H,11-12,15,17H2,1,3-4H3. The maximum atomic E-state index is 13.1. The number of rotatable bonds is 4. The number of hydrogen-bond donors (Lipinski definition) is 0. The van der Waals surface area contributed by atoms with Crippen LogP contribution in [0.1, 0.15) is 17.8 Å². The van der Waals surface area contributed by atoms with Gasteiger partial charge in [0.05, 0.1) is 23.9 Å². The first-order valence-electron chi connectivity index (χ1n) is 12.1. The van der Waals surface area contributed by atoms with Crippen molar-refractivity contribution in [3.8, 4) is 28.3 Å². The molecule has 1 amide bonds. The predicted octanol–water partition coefficient (Wildman–Crippen LogP) is 4.54. The lowest BCUT2D eigenvalue weighted by Crippen LogP contribution is -2.31. The average Bonchev–Trinajstić information content (AvgIpc) is 3.54. The third kappa shape index (κ3) is 3.60. The van der Waals surface area contributed by atoms with Crippen LogP contribution < -0.4 is 4.90 Å². The molecule has 0 N–H and O–H groups in total. The molecule has 0 aliphatic carbocycles. The zero-order valence-corrected chi connectivity index (χ0v) is 20.6. The van der Waals surface area contributed by atoms with Gasteiger partial charge in [0.25, 0.3) is 0 Å². The van der Waals surface area contributed by atoms with Gasteiger partial charge < -0.3 is 14.4 Å². The van der Waals surface area contributed by atoms with E-state index in [2.05, 4.69) is 53.5 Å². The van der Waals surface area contributed by atoms with E-state index in [9.17, 15) is 4.79 Å². The predicted molar refractivity (Wildman–Crippen MR) is 139 cm³/mol. The van der Waals surface area contributed by atoms with Crippen LogP contribution in [0.25, 0.3) is 33.2 Å². The van der Waals surface area contributed by atoms with Gasteiger partial charge in [0.2, 0.25) is 5.91 Å².